The second-order valence-electron chi connectivity index (χ2n) is 9.46. The number of nitrogens with zero attached hydrogens (tertiary/aromatic N) is 4. The number of carbonyl (C=O) groups is 1. The maximum Gasteiger partial charge on any atom is 0.410 e. The van der Waals surface area contributed by atoms with Gasteiger partial charge in [-0.15, -0.1) is 0 Å². The molecule has 0 spiro atoms. The molecule has 1 aliphatic rings. The molecule has 0 bridgehead atoms. The lowest BCUT2D eigenvalue weighted by Crippen LogP contribution is -2.50. The Labute approximate surface area is 211 Å². The Balaban J connectivity index is 1.36. The van der Waals surface area contributed by atoms with Crippen LogP contribution in [0.15, 0.2) is 54.7 Å². The molecule has 3 aromatic rings. The molecule has 35 heavy (non-hydrogen) atoms. The molecule has 2 heterocycles. The fraction of sp³-hybridized carbons (Fsp3) is 0.346. The van der Waals surface area contributed by atoms with Gasteiger partial charge in [-0.2, -0.15) is 4.98 Å². The van der Waals surface area contributed by atoms with E-state index in [4.69, 9.17) is 16.3 Å². The quantitative estimate of drug-likeness (QED) is 0.451. The van der Waals surface area contributed by atoms with Crippen molar-refractivity contribution >= 4 is 46.5 Å². The third kappa shape index (κ3) is 6.54. The van der Waals surface area contributed by atoms with Gasteiger partial charge in [0, 0.05) is 43.2 Å². The van der Waals surface area contributed by atoms with Crippen LogP contribution in [0.25, 0.3) is 0 Å². The second-order valence-corrected chi connectivity index (χ2v) is 9.86. The summed E-state index contributed by atoms with van der Waals surface area (Å²) in [6.45, 7) is 10.4. The summed E-state index contributed by atoms with van der Waals surface area (Å²) >= 11 is 6.32. The SMILES string of the molecule is Cc1ccccc1Nc1nc(Nc2ccc(N3CCN(C(=O)OC(C)(C)C)CC3)cc2)ncc1Cl. The summed E-state index contributed by atoms with van der Waals surface area (Å²) in [5, 5.41) is 6.96. The number of rotatable bonds is 5. The first-order valence-corrected chi connectivity index (χ1v) is 12.0. The van der Waals surface area contributed by atoms with Gasteiger partial charge in [-0.1, -0.05) is 29.8 Å². The highest BCUT2D eigenvalue weighted by Gasteiger charge is 2.25. The van der Waals surface area contributed by atoms with Crippen LogP contribution in [0.2, 0.25) is 5.02 Å². The topological polar surface area (TPSA) is 82.6 Å². The summed E-state index contributed by atoms with van der Waals surface area (Å²) in [4.78, 5) is 25.2. The molecule has 8 nitrogen and oxygen atoms in total. The van der Waals surface area contributed by atoms with Gasteiger partial charge in [-0.3, -0.25) is 0 Å². The van der Waals surface area contributed by atoms with Crippen molar-refractivity contribution in [1.82, 2.24) is 14.9 Å². The van der Waals surface area contributed by atoms with E-state index in [1.54, 1.807) is 11.1 Å². The molecule has 0 saturated carbocycles. The molecule has 0 radical (unpaired) electrons. The van der Waals surface area contributed by atoms with E-state index in [-0.39, 0.29) is 6.09 Å². The van der Waals surface area contributed by atoms with E-state index in [2.05, 4.69) is 25.5 Å². The molecule has 0 aliphatic carbocycles. The number of amides is 1. The van der Waals surface area contributed by atoms with Gasteiger partial charge >= 0.3 is 6.09 Å². The maximum atomic E-state index is 12.3. The molecule has 1 amide bonds. The van der Waals surface area contributed by atoms with E-state index in [9.17, 15) is 4.79 Å². The number of anilines is 5. The van der Waals surface area contributed by atoms with Gasteiger partial charge in [0.15, 0.2) is 5.82 Å². The number of aryl methyl sites for hydroxylation is 1. The van der Waals surface area contributed by atoms with Gasteiger partial charge in [0.1, 0.15) is 10.6 Å². The smallest absolute Gasteiger partial charge is 0.410 e. The number of benzene rings is 2. The largest absolute Gasteiger partial charge is 0.444 e. The highest BCUT2D eigenvalue weighted by molar-refractivity contribution is 6.32. The molecule has 0 unspecified atom stereocenters. The fourth-order valence-corrected chi connectivity index (χ4v) is 3.85. The van der Waals surface area contributed by atoms with Gasteiger partial charge in [0.25, 0.3) is 0 Å². The van der Waals surface area contributed by atoms with Crippen molar-refractivity contribution in [2.75, 3.05) is 41.7 Å². The Morgan fingerprint density at radius 3 is 2.34 bits per heavy atom. The third-order valence-corrected chi connectivity index (χ3v) is 5.84. The molecule has 1 aliphatic heterocycles. The number of halogens is 1. The van der Waals surface area contributed by atoms with E-state index < -0.39 is 5.60 Å². The zero-order valence-corrected chi connectivity index (χ0v) is 21.3. The van der Waals surface area contributed by atoms with Crippen LogP contribution in [-0.2, 0) is 4.74 Å². The van der Waals surface area contributed by atoms with Crippen LogP contribution >= 0.6 is 11.6 Å². The summed E-state index contributed by atoms with van der Waals surface area (Å²) in [5.41, 5.74) is 3.51. The fourth-order valence-electron chi connectivity index (χ4n) is 3.71. The Morgan fingerprint density at radius 2 is 1.69 bits per heavy atom. The highest BCUT2D eigenvalue weighted by atomic mass is 35.5. The Hall–Kier alpha value is -3.52. The average molecular weight is 495 g/mol. The first-order valence-electron chi connectivity index (χ1n) is 11.6. The highest BCUT2D eigenvalue weighted by Crippen LogP contribution is 2.27. The molecular weight excluding hydrogens is 464 g/mol. The van der Waals surface area contributed by atoms with Crippen LogP contribution in [0.3, 0.4) is 0 Å². The normalized spacial score (nSPS) is 14.0. The molecular formula is C26H31ClN6O2. The standard InChI is InChI=1S/C26H31ClN6O2/c1-18-7-5-6-8-22(18)30-23-21(27)17-28-24(31-23)29-19-9-11-20(12-10-19)32-13-15-33(16-14-32)25(34)35-26(2,3)4/h5-12,17H,13-16H2,1-4H3,(H2,28,29,30,31). The molecule has 9 heteroatoms. The van der Waals surface area contributed by atoms with Crippen molar-refractivity contribution in [1.29, 1.82) is 0 Å². The summed E-state index contributed by atoms with van der Waals surface area (Å²) in [6.07, 6.45) is 1.33. The minimum absolute atomic E-state index is 0.254. The molecule has 184 valence electrons. The van der Waals surface area contributed by atoms with E-state index in [0.717, 1.165) is 35.7 Å². The van der Waals surface area contributed by atoms with Crippen molar-refractivity contribution < 1.29 is 9.53 Å². The Bertz CT molecular complexity index is 1170. The van der Waals surface area contributed by atoms with Gasteiger partial charge in [0.05, 0.1) is 6.20 Å². The van der Waals surface area contributed by atoms with Crippen LogP contribution in [0.5, 0.6) is 0 Å². The first-order chi connectivity index (χ1) is 16.7. The lowest BCUT2D eigenvalue weighted by molar-refractivity contribution is 0.0240. The van der Waals surface area contributed by atoms with Crippen LogP contribution in [0.1, 0.15) is 26.3 Å². The number of para-hydroxylation sites is 1. The van der Waals surface area contributed by atoms with Crippen molar-refractivity contribution in [2.45, 2.75) is 33.3 Å². The maximum absolute atomic E-state index is 12.3. The molecule has 1 saturated heterocycles. The zero-order valence-electron chi connectivity index (χ0n) is 20.5. The van der Waals surface area contributed by atoms with Crippen molar-refractivity contribution in [3.8, 4) is 0 Å². The van der Waals surface area contributed by atoms with E-state index >= 15 is 0 Å². The van der Waals surface area contributed by atoms with Crippen LogP contribution in [0.4, 0.5) is 33.6 Å². The van der Waals surface area contributed by atoms with Crippen molar-refractivity contribution in [3.05, 3.63) is 65.3 Å². The summed E-state index contributed by atoms with van der Waals surface area (Å²) in [5.74, 6) is 0.988. The lowest BCUT2D eigenvalue weighted by Gasteiger charge is -2.36. The Morgan fingerprint density at radius 1 is 1.00 bits per heavy atom. The van der Waals surface area contributed by atoms with Gasteiger partial charge in [-0.25, -0.2) is 9.78 Å². The molecule has 2 N–H and O–H groups in total. The number of ether oxygens (including phenoxy) is 1. The molecule has 1 fully saturated rings. The summed E-state index contributed by atoms with van der Waals surface area (Å²) < 4.78 is 5.48. The first kappa shape index (κ1) is 24.6. The predicted molar refractivity (Wildman–Crippen MR) is 141 cm³/mol. The minimum atomic E-state index is -0.484. The summed E-state index contributed by atoms with van der Waals surface area (Å²) in [6, 6.07) is 16.0. The Kier molecular flexibility index (Phi) is 7.31. The summed E-state index contributed by atoms with van der Waals surface area (Å²) in [7, 11) is 0. The van der Waals surface area contributed by atoms with Crippen molar-refractivity contribution in [2.24, 2.45) is 0 Å². The van der Waals surface area contributed by atoms with Gasteiger partial charge in [-0.05, 0) is 63.6 Å². The second kappa shape index (κ2) is 10.4. The van der Waals surface area contributed by atoms with E-state index in [1.165, 1.54) is 0 Å². The monoisotopic (exact) mass is 494 g/mol. The zero-order chi connectivity index (χ0) is 25.0. The predicted octanol–water partition coefficient (Wildman–Crippen LogP) is 5.98. The number of hydrogen-bond donors (Lipinski definition) is 2. The average Bonchev–Trinajstić information content (AvgIpc) is 2.82. The van der Waals surface area contributed by atoms with Crippen LogP contribution in [-0.4, -0.2) is 52.7 Å². The van der Waals surface area contributed by atoms with Gasteiger partial charge < -0.3 is 25.2 Å². The molecule has 2 aromatic carbocycles. The molecule has 0 atom stereocenters. The van der Waals surface area contributed by atoms with Crippen molar-refractivity contribution in [3.63, 3.8) is 0 Å². The lowest BCUT2D eigenvalue weighted by atomic mass is 10.2. The third-order valence-electron chi connectivity index (χ3n) is 5.56. The van der Waals surface area contributed by atoms with Crippen LogP contribution in [0, 0.1) is 6.92 Å². The molecule has 4 rings (SSSR count). The number of piperazine rings is 1. The minimum Gasteiger partial charge on any atom is -0.444 e. The van der Waals surface area contributed by atoms with Gasteiger partial charge in [0.2, 0.25) is 5.95 Å². The van der Waals surface area contributed by atoms with Crippen LogP contribution < -0.4 is 15.5 Å². The number of hydrogen-bond acceptors (Lipinski definition) is 7. The number of nitrogens with one attached hydrogen (secondary N) is 2. The van der Waals surface area contributed by atoms with E-state index in [0.29, 0.717) is 29.9 Å². The number of carbonyl (C=O) groups excluding carboxylic acids is 1. The molecule has 1 aromatic heterocycles. The number of aromatic nitrogens is 2. The van der Waals surface area contributed by atoms with E-state index in [1.807, 2.05) is 76.2 Å².